The van der Waals surface area contributed by atoms with Crippen molar-refractivity contribution in [3.8, 4) is 22.8 Å². The second-order valence-corrected chi connectivity index (χ2v) is 7.62. The summed E-state index contributed by atoms with van der Waals surface area (Å²) in [6.45, 7) is 3.06. The van der Waals surface area contributed by atoms with Gasteiger partial charge in [-0.25, -0.2) is 19.5 Å². The van der Waals surface area contributed by atoms with Gasteiger partial charge in [-0.1, -0.05) is 0 Å². The first kappa shape index (κ1) is 22.2. The third-order valence-electron chi connectivity index (χ3n) is 5.17. The number of aryl methyl sites for hydroxylation is 1. The summed E-state index contributed by atoms with van der Waals surface area (Å²) in [4.78, 5) is 36.4. The Kier molecular flexibility index (Phi) is 6.50. The number of nitrogens with zero attached hydrogens (tertiary/aromatic N) is 6. The highest BCUT2D eigenvalue weighted by atomic mass is 16.5. The fraction of sp³-hybridized carbons (Fsp3) is 0.318. The molecule has 11 nitrogen and oxygen atoms in total. The lowest BCUT2D eigenvalue weighted by Gasteiger charge is -2.23. The third-order valence-corrected chi connectivity index (χ3v) is 5.17. The average Bonchev–Trinajstić information content (AvgIpc) is 3.41. The van der Waals surface area contributed by atoms with Gasteiger partial charge in [-0.15, -0.1) is 0 Å². The standard InChI is InChI=1S/C22H25N7O4/c1-15(14-32-3)28-8-9-29(22(28)31)21(30)26-20-5-4-18(12-24-20)33-17-6-7-23-19(10-17)16-11-25-27(2)13-16/h4-7,10-13,15H,8-9,14H2,1-3H3,(H,24,26,30). The molecule has 3 aromatic rings. The maximum absolute atomic E-state index is 12.6. The van der Waals surface area contributed by atoms with Crippen LogP contribution in [0.15, 0.2) is 49.1 Å². The maximum atomic E-state index is 12.6. The van der Waals surface area contributed by atoms with Gasteiger partial charge in [-0.3, -0.25) is 15.0 Å². The number of imide groups is 1. The Morgan fingerprint density at radius 2 is 2.03 bits per heavy atom. The van der Waals surface area contributed by atoms with Crippen molar-refractivity contribution in [2.24, 2.45) is 7.05 Å². The van der Waals surface area contributed by atoms with Gasteiger partial charge in [0.25, 0.3) is 0 Å². The molecule has 0 radical (unpaired) electrons. The van der Waals surface area contributed by atoms with Crippen LogP contribution in [0.5, 0.6) is 11.5 Å². The van der Waals surface area contributed by atoms with Crippen molar-refractivity contribution >= 4 is 17.9 Å². The van der Waals surface area contributed by atoms with Crippen molar-refractivity contribution < 1.29 is 19.1 Å². The van der Waals surface area contributed by atoms with Crippen molar-refractivity contribution in [2.75, 3.05) is 32.1 Å². The molecule has 33 heavy (non-hydrogen) atoms. The Bertz CT molecular complexity index is 1130. The molecular weight excluding hydrogens is 426 g/mol. The van der Waals surface area contributed by atoms with Crippen LogP contribution in [-0.4, -0.2) is 74.5 Å². The van der Waals surface area contributed by atoms with Gasteiger partial charge < -0.3 is 14.4 Å². The number of rotatable bonds is 7. The van der Waals surface area contributed by atoms with Crippen LogP contribution >= 0.6 is 0 Å². The van der Waals surface area contributed by atoms with E-state index in [0.717, 1.165) is 16.2 Å². The largest absolute Gasteiger partial charge is 0.456 e. The summed E-state index contributed by atoms with van der Waals surface area (Å²) < 4.78 is 12.7. The van der Waals surface area contributed by atoms with Crippen LogP contribution in [0, 0.1) is 0 Å². The summed E-state index contributed by atoms with van der Waals surface area (Å²) in [5, 5.41) is 6.80. The summed E-state index contributed by atoms with van der Waals surface area (Å²) >= 11 is 0. The average molecular weight is 451 g/mol. The lowest BCUT2D eigenvalue weighted by atomic mass is 10.2. The van der Waals surface area contributed by atoms with Crippen LogP contribution in [-0.2, 0) is 11.8 Å². The van der Waals surface area contributed by atoms with Gasteiger partial charge in [0.05, 0.1) is 30.7 Å². The summed E-state index contributed by atoms with van der Waals surface area (Å²) in [6, 6.07) is 5.87. The van der Waals surface area contributed by atoms with Gasteiger partial charge in [-0.05, 0) is 25.1 Å². The molecule has 172 valence electrons. The van der Waals surface area contributed by atoms with Crippen LogP contribution in [0.2, 0.25) is 0 Å². The quantitative estimate of drug-likeness (QED) is 0.587. The Morgan fingerprint density at radius 1 is 1.18 bits per heavy atom. The minimum absolute atomic E-state index is 0.110. The molecule has 1 unspecified atom stereocenters. The first-order chi connectivity index (χ1) is 15.9. The van der Waals surface area contributed by atoms with E-state index in [1.807, 2.05) is 26.2 Å². The van der Waals surface area contributed by atoms with E-state index >= 15 is 0 Å². The number of ether oxygens (including phenoxy) is 2. The molecule has 3 aromatic heterocycles. The zero-order valence-corrected chi connectivity index (χ0v) is 18.6. The number of amides is 4. The number of aromatic nitrogens is 4. The molecular formula is C22H25N7O4. The van der Waals surface area contributed by atoms with E-state index in [2.05, 4.69) is 20.4 Å². The van der Waals surface area contributed by atoms with Gasteiger partial charge >= 0.3 is 12.1 Å². The zero-order chi connectivity index (χ0) is 23.4. The number of urea groups is 2. The molecule has 4 heterocycles. The highest BCUT2D eigenvalue weighted by molar-refractivity contribution is 6.01. The maximum Gasteiger partial charge on any atom is 0.331 e. The van der Waals surface area contributed by atoms with Crippen molar-refractivity contribution in [2.45, 2.75) is 13.0 Å². The molecule has 4 rings (SSSR count). The predicted octanol–water partition coefficient (Wildman–Crippen LogP) is 2.97. The van der Waals surface area contributed by atoms with E-state index < -0.39 is 6.03 Å². The minimum Gasteiger partial charge on any atom is -0.456 e. The molecule has 1 saturated heterocycles. The molecule has 0 bridgehead atoms. The highest BCUT2D eigenvalue weighted by Crippen LogP contribution is 2.25. The molecule has 4 amide bonds. The number of anilines is 1. The smallest absolute Gasteiger partial charge is 0.331 e. The monoisotopic (exact) mass is 451 g/mol. The van der Waals surface area contributed by atoms with Crippen LogP contribution in [0.25, 0.3) is 11.3 Å². The summed E-state index contributed by atoms with van der Waals surface area (Å²) in [7, 11) is 3.42. The fourth-order valence-corrected chi connectivity index (χ4v) is 3.50. The number of pyridine rings is 2. The molecule has 0 aromatic carbocycles. The van der Waals surface area contributed by atoms with Crippen molar-refractivity contribution in [3.63, 3.8) is 0 Å². The molecule has 1 aliphatic rings. The number of carbonyl (C=O) groups excluding carboxylic acids is 2. The van der Waals surface area contributed by atoms with E-state index in [1.54, 1.807) is 47.3 Å². The molecule has 0 saturated carbocycles. The van der Waals surface area contributed by atoms with Gasteiger partial charge in [0.1, 0.15) is 17.3 Å². The lowest BCUT2D eigenvalue weighted by Crippen LogP contribution is -2.43. The molecule has 1 aliphatic heterocycles. The summed E-state index contributed by atoms with van der Waals surface area (Å²) in [5.41, 5.74) is 1.62. The lowest BCUT2D eigenvalue weighted by molar-refractivity contribution is 0.120. The normalized spacial score (nSPS) is 14.5. The topological polar surface area (TPSA) is 115 Å². The van der Waals surface area contributed by atoms with Crippen LogP contribution in [0.4, 0.5) is 15.4 Å². The van der Waals surface area contributed by atoms with E-state index in [4.69, 9.17) is 9.47 Å². The molecule has 1 atom stereocenters. The van der Waals surface area contributed by atoms with Gasteiger partial charge in [0.15, 0.2) is 0 Å². The van der Waals surface area contributed by atoms with Gasteiger partial charge in [-0.2, -0.15) is 5.10 Å². The Balaban J connectivity index is 1.36. The van der Waals surface area contributed by atoms with Crippen LogP contribution in [0.1, 0.15) is 6.92 Å². The van der Waals surface area contributed by atoms with Gasteiger partial charge in [0, 0.05) is 51.3 Å². The summed E-state index contributed by atoms with van der Waals surface area (Å²) in [6.07, 6.45) is 6.75. The Labute approximate surface area is 190 Å². The van der Waals surface area contributed by atoms with Crippen molar-refractivity contribution in [3.05, 3.63) is 49.1 Å². The number of hydrogen-bond acceptors (Lipinski definition) is 7. The minimum atomic E-state index is -0.525. The van der Waals surface area contributed by atoms with E-state index in [0.29, 0.717) is 37.0 Å². The number of methoxy groups -OCH3 is 1. The summed E-state index contributed by atoms with van der Waals surface area (Å²) in [5.74, 6) is 1.40. The van der Waals surface area contributed by atoms with Crippen molar-refractivity contribution in [1.82, 2.24) is 29.5 Å². The van der Waals surface area contributed by atoms with E-state index in [-0.39, 0.29) is 12.1 Å². The number of nitrogens with one attached hydrogen (secondary N) is 1. The highest BCUT2D eigenvalue weighted by Gasteiger charge is 2.35. The van der Waals surface area contributed by atoms with Crippen LogP contribution < -0.4 is 10.1 Å². The Morgan fingerprint density at radius 3 is 2.73 bits per heavy atom. The van der Waals surface area contributed by atoms with Gasteiger partial charge in [0.2, 0.25) is 0 Å². The molecule has 11 heteroatoms. The third kappa shape index (κ3) is 5.09. The molecule has 0 aliphatic carbocycles. The van der Waals surface area contributed by atoms with Crippen molar-refractivity contribution in [1.29, 1.82) is 0 Å². The van der Waals surface area contributed by atoms with E-state index in [9.17, 15) is 9.59 Å². The fourth-order valence-electron chi connectivity index (χ4n) is 3.50. The first-order valence-corrected chi connectivity index (χ1v) is 10.4. The number of carbonyl (C=O) groups is 2. The predicted molar refractivity (Wildman–Crippen MR) is 120 cm³/mol. The van der Waals surface area contributed by atoms with E-state index in [1.165, 1.54) is 6.20 Å². The second-order valence-electron chi connectivity index (χ2n) is 7.62. The molecule has 1 fully saturated rings. The van der Waals surface area contributed by atoms with Crippen LogP contribution in [0.3, 0.4) is 0 Å². The number of hydrogen-bond donors (Lipinski definition) is 1. The second kappa shape index (κ2) is 9.65. The Hall–Kier alpha value is -3.99. The molecule has 0 spiro atoms. The molecule has 1 N–H and O–H groups in total. The zero-order valence-electron chi connectivity index (χ0n) is 18.6. The SMILES string of the molecule is COCC(C)N1CCN(C(=O)Nc2ccc(Oc3ccnc(-c4cnn(C)c4)c3)cn2)C1=O. The first-order valence-electron chi connectivity index (χ1n) is 10.4.